The Balaban J connectivity index is 3.14. The van der Waals surface area contributed by atoms with E-state index in [9.17, 15) is 13.2 Å². The van der Waals surface area contributed by atoms with E-state index < -0.39 is 15.1 Å². The summed E-state index contributed by atoms with van der Waals surface area (Å²) >= 11 is 5.38. The predicted molar refractivity (Wildman–Crippen MR) is 77.5 cm³/mol. The molecule has 0 saturated carbocycles. The molecule has 0 amide bonds. The van der Waals surface area contributed by atoms with Gasteiger partial charge in [-0.05, 0) is 42.1 Å². The number of hydrogen-bond donors (Lipinski definition) is 0. The molecule has 1 aromatic carbocycles. The summed E-state index contributed by atoms with van der Waals surface area (Å²) in [6.45, 7) is 2.08. The normalized spacial score (nSPS) is 11.9. The minimum absolute atomic E-state index is 0.167. The molecule has 0 fully saturated rings. The summed E-state index contributed by atoms with van der Waals surface area (Å²) in [7, 11) is -3.38. The molecule has 0 bridgehead atoms. The van der Waals surface area contributed by atoms with Crippen LogP contribution in [0.25, 0.3) is 0 Å². The number of halogens is 1. The molecule has 104 valence electrons. The fourth-order valence-corrected chi connectivity index (χ4v) is 2.77. The van der Waals surface area contributed by atoms with Gasteiger partial charge in [0, 0.05) is 11.8 Å². The van der Waals surface area contributed by atoms with Gasteiger partial charge in [0.15, 0.2) is 9.84 Å². The van der Waals surface area contributed by atoms with Gasteiger partial charge in [-0.1, -0.05) is 31.6 Å². The first-order valence-electron chi connectivity index (χ1n) is 6.04. The maximum atomic E-state index is 11.7. The van der Waals surface area contributed by atoms with Gasteiger partial charge in [-0.2, -0.15) is 0 Å². The summed E-state index contributed by atoms with van der Waals surface area (Å²) in [5, 5.41) is -0.655. The van der Waals surface area contributed by atoms with Crippen molar-refractivity contribution in [1.82, 2.24) is 0 Å². The van der Waals surface area contributed by atoms with Gasteiger partial charge in [0.25, 0.3) is 5.24 Å². The monoisotopic (exact) mass is 300 g/mol. The third kappa shape index (κ3) is 4.80. The molecule has 19 heavy (non-hydrogen) atoms. The summed E-state index contributed by atoms with van der Waals surface area (Å²) in [6.07, 6.45) is 7.63. The second kappa shape index (κ2) is 6.87. The number of carbonyl (C=O) groups excluding carboxylic acids is 1. The molecule has 0 unspecified atom stereocenters. The standard InChI is InChI=1S/C14H17ClO3S/c1-3-4-5-6-7-11-8-9-12(14(15)16)10-13(11)19(2,17)18/h5-6,8-10H,3-4,7H2,1-2H3. The summed E-state index contributed by atoms with van der Waals surface area (Å²) in [4.78, 5) is 11.3. The van der Waals surface area contributed by atoms with Crippen molar-refractivity contribution in [1.29, 1.82) is 0 Å². The molecule has 1 aromatic rings. The van der Waals surface area contributed by atoms with Gasteiger partial charge in [-0.25, -0.2) is 8.42 Å². The van der Waals surface area contributed by atoms with E-state index in [0.29, 0.717) is 12.0 Å². The first-order valence-corrected chi connectivity index (χ1v) is 8.31. The van der Waals surface area contributed by atoms with Crippen molar-refractivity contribution in [2.24, 2.45) is 0 Å². The van der Waals surface area contributed by atoms with Crippen LogP contribution in [0.5, 0.6) is 0 Å². The van der Waals surface area contributed by atoms with Gasteiger partial charge < -0.3 is 0 Å². The van der Waals surface area contributed by atoms with E-state index in [1.165, 1.54) is 6.07 Å². The van der Waals surface area contributed by atoms with Crippen LogP contribution in [0.4, 0.5) is 0 Å². The first kappa shape index (κ1) is 15.9. The van der Waals surface area contributed by atoms with Crippen molar-refractivity contribution in [2.45, 2.75) is 31.1 Å². The summed E-state index contributed by atoms with van der Waals surface area (Å²) in [6, 6.07) is 4.53. The zero-order chi connectivity index (χ0) is 14.5. The second-order valence-electron chi connectivity index (χ2n) is 4.33. The third-order valence-corrected chi connectivity index (χ3v) is 4.05. The average molecular weight is 301 g/mol. The highest BCUT2D eigenvalue weighted by molar-refractivity contribution is 7.90. The van der Waals surface area contributed by atoms with E-state index >= 15 is 0 Å². The van der Waals surface area contributed by atoms with Crippen molar-refractivity contribution in [2.75, 3.05) is 6.26 Å². The van der Waals surface area contributed by atoms with Gasteiger partial charge >= 0.3 is 0 Å². The molecule has 0 heterocycles. The van der Waals surface area contributed by atoms with Crippen molar-refractivity contribution in [3.8, 4) is 0 Å². The lowest BCUT2D eigenvalue weighted by atomic mass is 10.1. The van der Waals surface area contributed by atoms with Crippen molar-refractivity contribution in [3.63, 3.8) is 0 Å². The number of allylic oxidation sites excluding steroid dienone is 2. The number of sulfone groups is 1. The lowest BCUT2D eigenvalue weighted by Gasteiger charge is -2.07. The zero-order valence-electron chi connectivity index (χ0n) is 11.0. The molecule has 0 aliphatic heterocycles. The van der Waals surface area contributed by atoms with Crippen LogP contribution in [-0.4, -0.2) is 19.9 Å². The maximum Gasteiger partial charge on any atom is 0.252 e. The molecule has 0 atom stereocenters. The highest BCUT2D eigenvalue weighted by Crippen LogP contribution is 2.20. The smallest absolute Gasteiger partial charge is 0.252 e. The highest BCUT2D eigenvalue weighted by atomic mass is 35.5. The molecule has 3 nitrogen and oxygen atoms in total. The van der Waals surface area contributed by atoms with Crippen LogP contribution in [0.3, 0.4) is 0 Å². The molecule has 5 heteroatoms. The Labute approximate surface area is 119 Å². The molecule has 0 N–H and O–H groups in total. The first-order chi connectivity index (χ1) is 8.86. The van der Waals surface area contributed by atoms with Gasteiger partial charge in [0.1, 0.15) is 0 Å². The Kier molecular flexibility index (Phi) is 5.76. The Morgan fingerprint density at radius 1 is 1.32 bits per heavy atom. The molecule has 0 radical (unpaired) electrons. The van der Waals surface area contributed by atoms with Crippen molar-refractivity contribution < 1.29 is 13.2 Å². The van der Waals surface area contributed by atoms with Crippen LogP contribution >= 0.6 is 11.6 Å². The molecule has 0 aromatic heterocycles. The molecule has 0 aliphatic rings. The molecular weight excluding hydrogens is 284 g/mol. The van der Waals surface area contributed by atoms with Crippen molar-refractivity contribution in [3.05, 3.63) is 41.5 Å². The van der Waals surface area contributed by atoms with E-state index in [0.717, 1.165) is 19.1 Å². The lowest BCUT2D eigenvalue weighted by molar-refractivity contribution is 0.108. The van der Waals surface area contributed by atoms with E-state index in [1.54, 1.807) is 12.1 Å². The SMILES string of the molecule is CCCC=CCc1ccc(C(=O)Cl)cc1S(C)(=O)=O. The minimum atomic E-state index is -3.38. The highest BCUT2D eigenvalue weighted by Gasteiger charge is 2.15. The molecular formula is C14H17ClO3S. The largest absolute Gasteiger partial charge is 0.276 e. The predicted octanol–water partition coefficient (Wildman–Crippen LogP) is 3.37. The van der Waals surface area contributed by atoms with E-state index in [-0.39, 0.29) is 10.5 Å². The van der Waals surface area contributed by atoms with E-state index in [1.807, 2.05) is 12.2 Å². The third-order valence-electron chi connectivity index (χ3n) is 2.65. The molecule has 0 aliphatic carbocycles. The Hall–Kier alpha value is -1.13. The van der Waals surface area contributed by atoms with Gasteiger partial charge in [-0.3, -0.25) is 4.79 Å². The zero-order valence-corrected chi connectivity index (χ0v) is 12.6. The summed E-state index contributed by atoms with van der Waals surface area (Å²) in [5.41, 5.74) is 0.875. The quantitative estimate of drug-likeness (QED) is 0.598. The van der Waals surface area contributed by atoms with Crippen LogP contribution < -0.4 is 0 Å². The lowest BCUT2D eigenvalue weighted by Crippen LogP contribution is -2.04. The van der Waals surface area contributed by atoms with Gasteiger partial charge in [0.05, 0.1) is 4.90 Å². The fraction of sp³-hybridized carbons (Fsp3) is 0.357. The van der Waals surface area contributed by atoms with Crippen molar-refractivity contribution >= 4 is 26.7 Å². The minimum Gasteiger partial charge on any atom is -0.276 e. The Bertz CT molecular complexity index is 589. The van der Waals surface area contributed by atoms with Crippen LogP contribution in [0.1, 0.15) is 35.7 Å². The van der Waals surface area contributed by atoms with Crippen LogP contribution in [0.2, 0.25) is 0 Å². The molecule has 0 spiro atoms. The Morgan fingerprint density at radius 2 is 2.00 bits per heavy atom. The number of rotatable bonds is 6. The number of unbranched alkanes of at least 4 members (excludes halogenated alkanes) is 1. The van der Waals surface area contributed by atoms with E-state index in [4.69, 9.17) is 11.6 Å². The van der Waals surface area contributed by atoms with Gasteiger partial charge in [0.2, 0.25) is 0 Å². The summed E-state index contributed by atoms with van der Waals surface area (Å²) < 4.78 is 23.5. The van der Waals surface area contributed by atoms with Gasteiger partial charge in [-0.15, -0.1) is 0 Å². The number of benzene rings is 1. The Morgan fingerprint density at radius 3 is 2.53 bits per heavy atom. The molecule has 1 rings (SSSR count). The maximum absolute atomic E-state index is 11.7. The average Bonchev–Trinajstić information content (AvgIpc) is 2.33. The van der Waals surface area contributed by atoms with Crippen LogP contribution in [0, 0.1) is 0 Å². The number of hydrogen-bond acceptors (Lipinski definition) is 3. The fourth-order valence-electron chi connectivity index (χ4n) is 1.69. The number of carbonyl (C=O) groups is 1. The second-order valence-corrected chi connectivity index (χ2v) is 6.66. The van der Waals surface area contributed by atoms with Crippen LogP contribution in [0.15, 0.2) is 35.2 Å². The summed E-state index contributed by atoms with van der Waals surface area (Å²) in [5.74, 6) is 0. The topological polar surface area (TPSA) is 51.2 Å². The van der Waals surface area contributed by atoms with Crippen LogP contribution in [-0.2, 0) is 16.3 Å². The molecule has 0 saturated heterocycles. The van der Waals surface area contributed by atoms with E-state index in [2.05, 4.69) is 6.92 Å².